The van der Waals surface area contributed by atoms with Crippen molar-refractivity contribution in [2.75, 3.05) is 19.6 Å². The topological polar surface area (TPSA) is 47.3 Å². The average molecular weight is 319 g/mol. The summed E-state index contributed by atoms with van der Waals surface area (Å²) in [6.45, 7) is 4.51. The number of rotatable bonds is 3. The van der Waals surface area contributed by atoms with Crippen LogP contribution in [0.15, 0.2) is 54.6 Å². The lowest BCUT2D eigenvalue weighted by atomic mass is 10.1. The summed E-state index contributed by atoms with van der Waals surface area (Å²) in [4.78, 5) is 16.7. The first-order chi connectivity index (χ1) is 11.7. The zero-order valence-electron chi connectivity index (χ0n) is 13.9. The molecule has 0 aliphatic carbocycles. The Morgan fingerprint density at radius 1 is 1.12 bits per heavy atom. The fourth-order valence-electron chi connectivity index (χ4n) is 3.12. The molecule has 2 aromatic carbocycles. The average Bonchev–Trinajstić information content (AvgIpc) is 2.63. The van der Waals surface area contributed by atoms with Crippen LogP contribution in [-0.2, 0) is 6.54 Å². The Labute approximate surface area is 142 Å². The first-order valence-electron chi connectivity index (χ1n) is 8.21. The van der Waals surface area contributed by atoms with E-state index in [1.165, 1.54) is 5.56 Å². The Balaban J connectivity index is 1.70. The third kappa shape index (κ3) is 3.47. The Morgan fingerprint density at radius 2 is 1.83 bits per heavy atom. The summed E-state index contributed by atoms with van der Waals surface area (Å²) in [5.41, 5.74) is 2.89. The van der Waals surface area contributed by atoms with Crippen LogP contribution in [0.2, 0.25) is 0 Å². The number of hydrogen-bond acceptors (Lipinski definition) is 3. The van der Waals surface area contributed by atoms with Crippen LogP contribution in [0.4, 0.5) is 0 Å². The second-order valence-electron chi connectivity index (χ2n) is 6.17. The summed E-state index contributed by atoms with van der Waals surface area (Å²) in [6, 6.07) is 19.8. The fourth-order valence-corrected chi connectivity index (χ4v) is 3.12. The van der Waals surface area contributed by atoms with Gasteiger partial charge in [-0.1, -0.05) is 48.5 Å². The number of piperazine rings is 1. The van der Waals surface area contributed by atoms with Gasteiger partial charge in [0.15, 0.2) is 0 Å². The van der Waals surface area contributed by atoms with Crippen molar-refractivity contribution < 1.29 is 4.79 Å². The van der Waals surface area contributed by atoms with Crippen molar-refractivity contribution >= 4 is 5.91 Å². The number of amides is 1. The van der Waals surface area contributed by atoms with Gasteiger partial charge in [0.05, 0.1) is 6.07 Å². The summed E-state index contributed by atoms with van der Waals surface area (Å²) in [6.07, 6.45) is 0. The van der Waals surface area contributed by atoms with Gasteiger partial charge in [0.1, 0.15) is 6.04 Å². The maximum Gasteiger partial charge on any atom is 0.254 e. The lowest BCUT2D eigenvalue weighted by molar-refractivity contribution is 0.0551. The Morgan fingerprint density at radius 3 is 2.54 bits per heavy atom. The largest absolute Gasteiger partial charge is 0.335 e. The minimum atomic E-state index is -0.271. The van der Waals surface area contributed by atoms with Crippen LogP contribution in [0.25, 0.3) is 0 Å². The van der Waals surface area contributed by atoms with E-state index in [4.69, 9.17) is 0 Å². The van der Waals surface area contributed by atoms with Gasteiger partial charge in [-0.05, 0) is 24.1 Å². The molecule has 1 aliphatic rings. The molecule has 1 fully saturated rings. The number of carbonyl (C=O) groups excluding carboxylic acids is 1. The molecule has 0 saturated carbocycles. The summed E-state index contributed by atoms with van der Waals surface area (Å²) >= 11 is 0. The molecule has 1 amide bonds. The van der Waals surface area contributed by atoms with Crippen molar-refractivity contribution in [3.8, 4) is 6.07 Å². The van der Waals surface area contributed by atoms with E-state index in [1.807, 2.05) is 49.4 Å². The number of aryl methyl sites for hydroxylation is 1. The molecule has 1 heterocycles. The van der Waals surface area contributed by atoms with Crippen LogP contribution < -0.4 is 0 Å². The fraction of sp³-hybridized carbons (Fsp3) is 0.300. The van der Waals surface area contributed by atoms with Crippen LogP contribution >= 0.6 is 0 Å². The molecular formula is C20H21N3O. The van der Waals surface area contributed by atoms with E-state index in [2.05, 4.69) is 23.1 Å². The van der Waals surface area contributed by atoms with E-state index in [-0.39, 0.29) is 11.9 Å². The highest BCUT2D eigenvalue weighted by Crippen LogP contribution is 2.17. The zero-order chi connectivity index (χ0) is 16.9. The molecule has 24 heavy (non-hydrogen) atoms. The normalized spacial score (nSPS) is 18.2. The van der Waals surface area contributed by atoms with Crippen LogP contribution in [-0.4, -0.2) is 41.4 Å². The summed E-state index contributed by atoms with van der Waals surface area (Å²) in [5.74, 6) is 0.0210. The predicted molar refractivity (Wildman–Crippen MR) is 93.3 cm³/mol. The molecule has 0 N–H and O–H groups in total. The van der Waals surface area contributed by atoms with Crippen molar-refractivity contribution in [3.63, 3.8) is 0 Å². The molecule has 1 atom stereocenters. The minimum absolute atomic E-state index is 0.0210. The van der Waals surface area contributed by atoms with Gasteiger partial charge >= 0.3 is 0 Å². The maximum absolute atomic E-state index is 12.7. The quantitative estimate of drug-likeness (QED) is 0.874. The standard InChI is InChI=1S/C20H21N3O/c1-16-7-5-6-10-19(16)20(24)23-12-11-22(18(13-21)15-23)14-17-8-3-2-4-9-17/h2-10,18H,11-12,14-15H2,1H3/t18-/m0/s1. The molecule has 1 saturated heterocycles. The molecule has 1 aliphatic heterocycles. The third-order valence-electron chi connectivity index (χ3n) is 4.53. The highest BCUT2D eigenvalue weighted by Gasteiger charge is 2.30. The van der Waals surface area contributed by atoms with E-state index < -0.39 is 0 Å². The molecule has 4 heteroatoms. The highest BCUT2D eigenvalue weighted by molar-refractivity contribution is 5.95. The summed E-state index contributed by atoms with van der Waals surface area (Å²) in [7, 11) is 0. The monoisotopic (exact) mass is 319 g/mol. The molecule has 122 valence electrons. The zero-order valence-corrected chi connectivity index (χ0v) is 13.9. The van der Waals surface area contributed by atoms with Crippen molar-refractivity contribution in [2.45, 2.75) is 19.5 Å². The van der Waals surface area contributed by atoms with Gasteiger partial charge in [-0.25, -0.2) is 0 Å². The van der Waals surface area contributed by atoms with E-state index in [0.29, 0.717) is 19.6 Å². The van der Waals surface area contributed by atoms with Crippen LogP contribution in [0.1, 0.15) is 21.5 Å². The van der Waals surface area contributed by atoms with Gasteiger partial charge in [-0.15, -0.1) is 0 Å². The molecule has 0 aromatic heterocycles. The second kappa shape index (κ2) is 7.29. The van der Waals surface area contributed by atoms with Gasteiger partial charge in [0.2, 0.25) is 0 Å². The van der Waals surface area contributed by atoms with Gasteiger partial charge < -0.3 is 4.90 Å². The van der Waals surface area contributed by atoms with Gasteiger partial charge in [0, 0.05) is 31.7 Å². The van der Waals surface area contributed by atoms with E-state index >= 15 is 0 Å². The highest BCUT2D eigenvalue weighted by atomic mass is 16.2. The molecule has 0 unspecified atom stereocenters. The Kier molecular flexibility index (Phi) is 4.93. The Bertz CT molecular complexity index is 751. The SMILES string of the molecule is Cc1ccccc1C(=O)N1CCN(Cc2ccccc2)[C@@H](C#N)C1. The van der Waals surface area contributed by atoms with Gasteiger partial charge in [-0.3, -0.25) is 9.69 Å². The van der Waals surface area contributed by atoms with Gasteiger partial charge in [0.25, 0.3) is 5.91 Å². The molecule has 0 bridgehead atoms. The molecule has 2 aromatic rings. The van der Waals surface area contributed by atoms with Crippen molar-refractivity contribution in [1.29, 1.82) is 5.26 Å². The molecule has 4 nitrogen and oxygen atoms in total. The molecule has 0 spiro atoms. The molecular weight excluding hydrogens is 298 g/mol. The number of benzene rings is 2. The summed E-state index contributed by atoms with van der Waals surface area (Å²) in [5, 5.41) is 9.53. The Hall–Kier alpha value is -2.64. The smallest absolute Gasteiger partial charge is 0.254 e. The lowest BCUT2D eigenvalue weighted by Crippen LogP contribution is -2.53. The van der Waals surface area contributed by atoms with Gasteiger partial charge in [-0.2, -0.15) is 5.26 Å². The third-order valence-corrected chi connectivity index (χ3v) is 4.53. The summed E-state index contributed by atoms with van der Waals surface area (Å²) < 4.78 is 0. The van der Waals surface area contributed by atoms with E-state index in [1.54, 1.807) is 4.90 Å². The van der Waals surface area contributed by atoms with Crippen LogP contribution in [0, 0.1) is 18.3 Å². The van der Waals surface area contributed by atoms with Crippen LogP contribution in [0.3, 0.4) is 0 Å². The van der Waals surface area contributed by atoms with Crippen molar-refractivity contribution in [3.05, 3.63) is 71.3 Å². The van der Waals surface area contributed by atoms with Crippen molar-refractivity contribution in [2.24, 2.45) is 0 Å². The first-order valence-corrected chi connectivity index (χ1v) is 8.21. The molecule has 3 rings (SSSR count). The maximum atomic E-state index is 12.7. The van der Waals surface area contributed by atoms with E-state index in [9.17, 15) is 10.1 Å². The first kappa shape index (κ1) is 16.2. The second-order valence-corrected chi connectivity index (χ2v) is 6.17. The van der Waals surface area contributed by atoms with Crippen molar-refractivity contribution in [1.82, 2.24) is 9.80 Å². The number of carbonyl (C=O) groups is 1. The minimum Gasteiger partial charge on any atom is -0.335 e. The molecule has 0 radical (unpaired) electrons. The van der Waals surface area contributed by atoms with E-state index in [0.717, 1.165) is 17.7 Å². The number of nitrogens with zero attached hydrogens (tertiary/aromatic N) is 3. The lowest BCUT2D eigenvalue weighted by Gasteiger charge is -2.38. The number of nitriles is 1. The predicted octanol–water partition coefficient (Wildman–Crippen LogP) is 2.85. The van der Waals surface area contributed by atoms with Crippen LogP contribution in [0.5, 0.6) is 0 Å². The number of hydrogen-bond donors (Lipinski definition) is 0.